The van der Waals surface area contributed by atoms with Gasteiger partial charge in [0.25, 0.3) is 0 Å². The molecule has 1 aromatic rings. The molecule has 70 valence electrons. The minimum atomic E-state index is 0.624. The van der Waals surface area contributed by atoms with Gasteiger partial charge in [-0.1, -0.05) is 0 Å². The summed E-state index contributed by atoms with van der Waals surface area (Å²) in [6.45, 7) is 1.35. The van der Waals surface area contributed by atoms with E-state index in [4.69, 9.17) is 4.74 Å². The molecule has 0 atom stereocenters. The van der Waals surface area contributed by atoms with Crippen LogP contribution in [0.15, 0.2) is 11.4 Å². The molecule has 0 aliphatic carbocycles. The van der Waals surface area contributed by atoms with Gasteiger partial charge in [0.1, 0.15) is 0 Å². The molecule has 0 bridgehead atoms. The fourth-order valence-electron chi connectivity index (χ4n) is 1.46. The summed E-state index contributed by atoms with van der Waals surface area (Å²) < 4.78 is 5.13. The van der Waals surface area contributed by atoms with Crippen molar-refractivity contribution in [3.63, 3.8) is 0 Å². The molecule has 0 unspecified atom stereocenters. The van der Waals surface area contributed by atoms with Crippen LogP contribution in [0.3, 0.4) is 0 Å². The predicted molar refractivity (Wildman–Crippen MR) is 50.8 cm³/mol. The quantitative estimate of drug-likeness (QED) is 0.680. The topological polar surface area (TPSA) is 41.9 Å². The van der Waals surface area contributed by atoms with E-state index in [1.807, 2.05) is 6.07 Å². The SMILES string of the molecule is COc1cc2c(s1)CCN(N=O)C2. The van der Waals surface area contributed by atoms with E-state index < -0.39 is 0 Å². The van der Waals surface area contributed by atoms with Crippen LogP contribution in [0, 0.1) is 4.91 Å². The zero-order valence-corrected chi connectivity index (χ0v) is 8.13. The van der Waals surface area contributed by atoms with E-state index in [0.29, 0.717) is 6.54 Å². The number of hydrogen-bond donors (Lipinski definition) is 0. The zero-order valence-electron chi connectivity index (χ0n) is 7.32. The Morgan fingerprint density at radius 1 is 1.69 bits per heavy atom. The first kappa shape index (κ1) is 8.50. The van der Waals surface area contributed by atoms with Gasteiger partial charge in [-0.2, -0.15) is 0 Å². The maximum Gasteiger partial charge on any atom is 0.173 e. The zero-order chi connectivity index (χ0) is 9.26. The number of methoxy groups -OCH3 is 1. The Morgan fingerprint density at radius 2 is 2.54 bits per heavy atom. The van der Waals surface area contributed by atoms with Crippen molar-refractivity contribution in [1.29, 1.82) is 0 Å². The number of ether oxygens (including phenoxy) is 1. The largest absolute Gasteiger partial charge is 0.487 e. The van der Waals surface area contributed by atoms with Crippen LogP contribution in [-0.4, -0.2) is 18.7 Å². The van der Waals surface area contributed by atoms with Crippen LogP contribution in [0.2, 0.25) is 0 Å². The molecule has 0 radical (unpaired) electrons. The highest BCUT2D eigenvalue weighted by Crippen LogP contribution is 2.32. The summed E-state index contributed by atoms with van der Waals surface area (Å²) in [7, 11) is 1.66. The molecule has 5 heteroatoms. The van der Waals surface area contributed by atoms with Crippen molar-refractivity contribution >= 4 is 11.3 Å². The molecule has 1 aliphatic rings. The van der Waals surface area contributed by atoms with Crippen LogP contribution in [0.5, 0.6) is 5.06 Å². The molecule has 0 fully saturated rings. The second-order valence-electron chi connectivity index (χ2n) is 2.94. The summed E-state index contributed by atoms with van der Waals surface area (Å²) in [5, 5.41) is 5.38. The highest BCUT2D eigenvalue weighted by atomic mass is 32.1. The Hall–Kier alpha value is -1.10. The van der Waals surface area contributed by atoms with Crippen molar-refractivity contribution in [3.8, 4) is 5.06 Å². The van der Waals surface area contributed by atoms with Gasteiger partial charge in [-0.15, -0.1) is 16.2 Å². The van der Waals surface area contributed by atoms with Crippen molar-refractivity contribution < 1.29 is 4.74 Å². The molecule has 0 aromatic carbocycles. The van der Waals surface area contributed by atoms with E-state index in [2.05, 4.69) is 5.29 Å². The molecule has 0 saturated carbocycles. The van der Waals surface area contributed by atoms with Crippen LogP contribution in [0.4, 0.5) is 0 Å². The first-order valence-electron chi connectivity index (χ1n) is 4.07. The van der Waals surface area contributed by atoms with Gasteiger partial charge in [0.15, 0.2) is 5.06 Å². The van der Waals surface area contributed by atoms with Crippen LogP contribution in [-0.2, 0) is 13.0 Å². The fourth-order valence-corrected chi connectivity index (χ4v) is 2.44. The summed E-state index contributed by atoms with van der Waals surface area (Å²) in [4.78, 5) is 11.6. The Labute approximate surface area is 80.1 Å². The molecule has 0 spiro atoms. The van der Waals surface area contributed by atoms with Crippen LogP contribution < -0.4 is 4.74 Å². The lowest BCUT2D eigenvalue weighted by atomic mass is 10.1. The Morgan fingerprint density at radius 3 is 3.23 bits per heavy atom. The molecule has 2 rings (SSSR count). The highest BCUT2D eigenvalue weighted by molar-refractivity contribution is 7.14. The van der Waals surface area contributed by atoms with Gasteiger partial charge in [-0.25, -0.2) is 0 Å². The molecule has 0 N–H and O–H groups in total. The van der Waals surface area contributed by atoms with E-state index >= 15 is 0 Å². The lowest BCUT2D eigenvalue weighted by Gasteiger charge is -2.19. The molecule has 1 aromatic heterocycles. The Kier molecular flexibility index (Phi) is 2.18. The number of nitrogens with zero attached hydrogens (tertiary/aromatic N) is 2. The summed E-state index contributed by atoms with van der Waals surface area (Å²) in [6, 6.07) is 1.98. The van der Waals surface area contributed by atoms with E-state index in [9.17, 15) is 4.91 Å². The van der Waals surface area contributed by atoms with Crippen molar-refractivity contribution in [1.82, 2.24) is 5.01 Å². The first-order valence-corrected chi connectivity index (χ1v) is 4.89. The average molecular weight is 198 g/mol. The van der Waals surface area contributed by atoms with Gasteiger partial charge in [0.05, 0.1) is 18.9 Å². The lowest BCUT2D eigenvalue weighted by molar-refractivity contribution is 0.265. The van der Waals surface area contributed by atoms with Gasteiger partial charge in [-0.3, -0.25) is 5.01 Å². The van der Waals surface area contributed by atoms with E-state index in [0.717, 1.165) is 18.0 Å². The summed E-state index contributed by atoms with van der Waals surface area (Å²) in [6.07, 6.45) is 0.898. The van der Waals surface area contributed by atoms with Gasteiger partial charge < -0.3 is 4.74 Å². The third-order valence-corrected chi connectivity index (χ3v) is 3.34. The minimum Gasteiger partial charge on any atom is -0.487 e. The normalized spacial score (nSPS) is 15.3. The van der Waals surface area contributed by atoms with Crippen molar-refractivity contribution in [2.24, 2.45) is 5.29 Å². The number of rotatable bonds is 2. The van der Waals surface area contributed by atoms with E-state index in [1.54, 1.807) is 18.4 Å². The van der Waals surface area contributed by atoms with Crippen molar-refractivity contribution in [2.45, 2.75) is 13.0 Å². The van der Waals surface area contributed by atoms with Crippen molar-refractivity contribution in [2.75, 3.05) is 13.7 Å². The maximum atomic E-state index is 10.3. The second kappa shape index (κ2) is 3.33. The molecule has 13 heavy (non-hydrogen) atoms. The Balaban J connectivity index is 2.24. The predicted octanol–water partition coefficient (Wildman–Crippen LogP) is 1.80. The van der Waals surface area contributed by atoms with Crippen LogP contribution in [0.1, 0.15) is 10.4 Å². The second-order valence-corrected chi connectivity index (χ2v) is 4.04. The molecule has 1 aliphatic heterocycles. The fraction of sp³-hybridized carbons (Fsp3) is 0.500. The molecule has 0 amide bonds. The molecule has 2 heterocycles. The third-order valence-electron chi connectivity index (χ3n) is 2.14. The summed E-state index contributed by atoms with van der Waals surface area (Å²) in [5.74, 6) is 0. The Bertz CT molecular complexity index is 324. The monoisotopic (exact) mass is 198 g/mol. The molecule has 0 saturated heterocycles. The molecular formula is C8H10N2O2S. The number of fused-ring (bicyclic) bond motifs is 1. The first-order chi connectivity index (χ1) is 6.33. The van der Waals surface area contributed by atoms with E-state index in [1.165, 1.54) is 15.4 Å². The number of hydrogen-bond acceptors (Lipinski definition) is 4. The standard InChI is InChI=1S/C8H10N2O2S/c1-12-8-4-6-5-10(9-11)3-2-7(6)13-8/h4H,2-3,5H2,1H3. The van der Waals surface area contributed by atoms with Crippen LogP contribution >= 0.6 is 11.3 Å². The lowest BCUT2D eigenvalue weighted by Crippen LogP contribution is -2.23. The summed E-state index contributed by atoms with van der Waals surface area (Å²) >= 11 is 1.66. The van der Waals surface area contributed by atoms with Crippen molar-refractivity contribution in [3.05, 3.63) is 21.4 Å². The van der Waals surface area contributed by atoms with Crippen LogP contribution in [0.25, 0.3) is 0 Å². The van der Waals surface area contributed by atoms with Gasteiger partial charge >= 0.3 is 0 Å². The minimum absolute atomic E-state index is 0.624. The molecular weight excluding hydrogens is 188 g/mol. The molecule has 4 nitrogen and oxygen atoms in total. The number of nitroso groups, excluding NO2 is 1. The third kappa shape index (κ3) is 1.51. The number of thiophene rings is 1. The summed E-state index contributed by atoms with van der Waals surface area (Å²) in [5.41, 5.74) is 1.17. The van der Waals surface area contributed by atoms with Gasteiger partial charge in [-0.05, 0) is 11.6 Å². The van der Waals surface area contributed by atoms with Gasteiger partial charge in [0, 0.05) is 17.8 Å². The van der Waals surface area contributed by atoms with Gasteiger partial charge in [0.2, 0.25) is 0 Å². The highest BCUT2D eigenvalue weighted by Gasteiger charge is 2.18. The maximum absolute atomic E-state index is 10.3. The average Bonchev–Trinajstić information content (AvgIpc) is 2.58. The van der Waals surface area contributed by atoms with E-state index in [-0.39, 0.29) is 0 Å². The smallest absolute Gasteiger partial charge is 0.173 e.